The fraction of sp³-hybridized carbons (Fsp3) is 0.278. The van der Waals surface area contributed by atoms with Gasteiger partial charge in [0.2, 0.25) is 5.91 Å². The number of aromatic nitrogens is 2. The first-order chi connectivity index (χ1) is 13.0. The number of aryl methyl sites for hydroxylation is 2. The second-order valence-electron chi connectivity index (χ2n) is 6.23. The third-order valence-corrected chi connectivity index (χ3v) is 6.41. The third-order valence-electron chi connectivity index (χ3n) is 4.35. The summed E-state index contributed by atoms with van der Waals surface area (Å²) in [4.78, 5) is 33.6. The summed E-state index contributed by atoms with van der Waals surface area (Å²) in [5.74, 6) is -2.42. The zero-order chi connectivity index (χ0) is 19.0. The number of halogens is 2. The molecule has 140 valence electrons. The summed E-state index contributed by atoms with van der Waals surface area (Å²) in [5.41, 5.74) is 1.10. The molecule has 2 N–H and O–H groups in total. The van der Waals surface area contributed by atoms with E-state index in [1.54, 1.807) is 11.3 Å². The number of anilines is 1. The second-order valence-corrected chi connectivity index (χ2v) is 8.28. The third kappa shape index (κ3) is 3.74. The predicted octanol–water partition coefficient (Wildman–Crippen LogP) is 3.87. The number of thioether (sulfide) groups is 1. The molecule has 0 unspecified atom stereocenters. The Morgan fingerprint density at radius 2 is 2.07 bits per heavy atom. The van der Waals surface area contributed by atoms with Crippen molar-refractivity contribution in [3.05, 3.63) is 50.6 Å². The lowest BCUT2D eigenvalue weighted by Crippen LogP contribution is -2.16. The van der Waals surface area contributed by atoms with Crippen LogP contribution in [0, 0.1) is 11.6 Å². The highest BCUT2D eigenvalue weighted by molar-refractivity contribution is 7.99. The zero-order valence-corrected chi connectivity index (χ0v) is 15.7. The second kappa shape index (κ2) is 7.40. The van der Waals surface area contributed by atoms with Gasteiger partial charge in [-0.05, 0) is 43.4 Å². The maximum atomic E-state index is 13.2. The van der Waals surface area contributed by atoms with Crippen molar-refractivity contribution in [3.63, 3.8) is 0 Å². The van der Waals surface area contributed by atoms with Gasteiger partial charge in [0.25, 0.3) is 5.56 Å². The normalized spacial score (nSPS) is 13.6. The molecule has 0 atom stereocenters. The molecule has 3 aromatic rings. The molecule has 1 aliphatic rings. The Morgan fingerprint density at radius 3 is 2.89 bits per heavy atom. The Kier molecular flexibility index (Phi) is 4.96. The van der Waals surface area contributed by atoms with Gasteiger partial charge in [-0.1, -0.05) is 11.8 Å². The molecular weight excluding hydrogens is 392 g/mol. The molecule has 2 aromatic heterocycles. The van der Waals surface area contributed by atoms with Gasteiger partial charge in [0.15, 0.2) is 16.8 Å². The van der Waals surface area contributed by atoms with Crippen LogP contribution in [0.15, 0.2) is 28.2 Å². The topological polar surface area (TPSA) is 74.8 Å². The lowest BCUT2D eigenvalue weighted by Gasteiger charge is -2.09. The molecule has 0 saturated heterocycles. The highest BCUT2D eigenvalue weighted by atomic mass is 32.2. The van der Waals surface area contributed by atoms with Crippen LogP contribution in [0.5, 0.6) is 0 Å². The summed E-state index contributed by atoms with van der Waals surface area (Å²) in [6.45, 7) is 0. The number of carbonyl (C=O) groups excluding carboxylic acids is 1. The van der Waals surface area contributed by atoms with E-state index in [0.717, 1.165) is 55.1 Å². The van der Waals surface area contributed by atoms with Crippen LogP contribution in [0.2, 0.25) is 0 Å². The van der Waals surface area contributed by atoms with Crippen LogP contribution < -0.4 is 10.9 Å². The fourth-order valence-electron chi connectivity index (χ4n) is 3.12. The molecule has 4 rings (SSSR count). The van der Waals surface area contributed by atoms with Crippen molar-refractivity contribution in [1.29, 1.82) is 0 Å². The van der Waals surface area contributed by atoms with Crippen molar-refractivity contribution in [2.24, 2.45) is 0 Å². The van der Waals surface area contributed by atoms with E-state index in [9.17, 15) is 18.4 Å². The smallest absolute Gasteiger partial charge is 0.260 e. The Labute approximate surface area is 161 Å². The van der Waals surface area contributed by atoms with E-state index in [0.29, 0.717) is 15.4 Å². The van der Waals surface area contributed by atoms with E-state index in [1.807, 2.05) is 0 Å². The van der Waals surface area contributed by atoms with E-state index >= 15 is 0 Å². The lowest BCUT2D eigenvalue weighted by molar-refractivity contribution is -0.113. The predicted molar refractivity (Wildman–Crippen MR) is 103 cm³/mol. The molecule has 27 heavy (non-hydrogen) atoms. The lowest BCUT2D eigenvalue weighted by atomic mass is 9.97. The monoisotopic (exact) mass is 407 g/mol. The summed E-state index contributed by atoms with van der Waals surface area (Å²) in [7, 11) is 0. The average Bonchev–Trinajstić information content (AvgIpc) is 3.02. The number of fused-ring (bicyclic) bond motifs is 3. The van der Waals surface area contributed by atoms with Crippen molar-refractivity contribution in [2.45, 2.75) is 30.8 Å². The Balaban J connectivity index is 1.48. The maximum absolute atomic E-state index is 13.2. The number of nitrogens with one attached hydrogen (secondary N) is 2. The van der Waals surface area contributed by atoms with Crippen molar-refractivity contribution >= 4 is 44.9 Å². The SMILES string of the molecule is O=C(CSc1nc2sc3c(c2c(=O)[nH]1)CCCC3)Nc1ccc(F)c(F)c1. The quantitative estimate of drug-likeness (QED) is 0.509. The maximum Gasteiger partial charge on any atom is 0.260 e. The number of carbonyl (C=O) groups is 1. The Morgan fingerprint density at radius 1 is 1.26 bits per heavy atom. The molecule has 2 heterocycles. The summed E-state index contributed by atoms with van der Waals surface area (Å²) in [5, 5.41) is 3.53. The molecule has 9 heteroatoms. The number of benzene rings is 1. The average molecular weight is 407 g/mol. The molecular formula is C18H15F2N3O2S2. The molecule has 0 bridgehead atoms. The minimum absolute atomic E-state index is 0.0153. The van der Waals surface area contributed by atoms with Crippen molar-refractivity contribution in [3.8, 4) is 0 Å². The van der Waals surface area contributed by atoms with E-state index in [1.165, 1.54) is 10.9 Å². The van der Waals surface area contributed by atoms with E-state index < -0.39 is 17.5 Å². The standard InChI is InChI=1S/C18H15F2N3O2S2/c19-11-6-5-9(7-12(11)20)21-14(24)8-26-18-22-16(25)15-10-3-1-2-4-13(10)27-17(15)23-18/h5-7H,1-4,8H2,(H,21,24)(H,22,23,25). The van der Waals surface area contributed by atoms with Crippen molar-refractivity contribution in [2.75, 3.05) is 11.1 Å². The van der Waals surface area contributed by atoms with Gasteiger partial charge in [-0.15, -0.1) is 11.3 Å². The van der Waals surface area contributed by atoms with Crippen LogP contribution in [0.25, 0.3) is 10.2 Å². The van der Waals surface area contributed by atoms with Gasteiger partial charge in [0, 0.05) is 16.6 Å². The van der Waals surface area contributed by atoms with Crippen LogP contribution in [0.3, 0.4) is 0 Å². The molecule has 0 saturated carbocycles. The molecule has 0 spiro atoms. The van der Waals surface area contributed by atoms with E-state index in [4.69, 9.17) is 0 Å². The number of nitrogens with zero attached hydrogens (tertiary/aromatic N) is 1. The largest absolute Gasteiger partial charge is 0.325 e. The number of H-pyrrole nitrogens is 1. The van der Waals surface area contributed by atoms with Crippen LogP contribution in [0.1, 0.15) is 23.3 Å². The number of thiophene rings is 1. The Hall–Kier alpha value is -2.26. The van der Waals surface area contributed by atoms with E-state index in [2.05, 4.69) is 15.3 Å². The van der Waals surface area contributed by atoms with Gasteiger partial charge < -0.3 is 10.3 Å². The molecule has 1 amide bonds. The first kappa shape index (κ1) is 18.1. The number of hydrogen-bond donors (Lipinski definition) is 2. The van der Waals surface area contributed by atoms with Crippen molar-refractivity contribution < 1.29 is 13.6 Å². The molecule has 1 aliphatic carbocycles. The summed E-state index contributed by atoms with van der Waals surface area (Å²) < 4.78 is 26.1. The van der Waals surface area contributed by atoms with Gasteiger partial charge in [0.1, 0.15) is 4.83 Å². The summed E-state index contributed by atoms with van der Waals surface area (Å²) in [6, 6.07) is 3.15. The first-order valence-electron chi connectivity index (χ1n) is 8.43. The first-order valence-corrected chi connectivity index (χ1v) is 10.2. The van der Waals surface area contributed by atoms with Gasteiger partial charge in [-0.3, -0.25) is 9.59 Å². The minimum atomic E-state index is -1.03. The zero-order valence-electron chi connectivity index (χ0n) is 14.1. The van der Waals surface area contributed by atoms with Gasteiger partial charge in [-0.25, -0.2) is 13.8 Å². The molecule has 5 nitrogen and oxygen atoms in total. The van der Waals surface area contributed by atoms with Crippen LogP contribution in [-0.2, 0) is 17.6 Å². The minimum Gasteiger partial charge on any atom is -0.325 e. The molecule has 0 aliphatic heterocycles. The van der Waals surface area contributed by atoms with Gasteiger partial charge in [-0.2, -0.15) is 0 Å². The number of aromatic amines is 1. The molecule has 0 fully saturated rings. The summed E-state index contributed by atoms with van der Waals surface area (Å²) in [6.07, 6.45) is 4.10. The van der Waals surface area contributed by atoms with Crippen LogP contribution >= 0.6 is 23.1 Å². The number of hydrogen-bond acceptors (Lipinski definition) is 5. The van der Waals surface area contributed by atoms with Gasteiger partial charge >= 0.3 is 0 Å². The van der Waals surface area contributed by atoms with Crippen molar-refractivity contribution in [1.82, 2.24) is 9.97 Å². The molecule has 0 radical (unpaired) electrons. The van der Waals surface area contributed by atoms with E-state index in [-0.39, 0.29) is 17.0 Å². The highest BCUT2D eigenvalue weighted by Gasteiger charge is 2.20. The van der Waals surface area contributed by atoms with Gasteiger partial charge in [0.05, 0.1) is 11.1 Å². The van der Waals surface area contributed by atoms with Crippen LogP contribution in [0.4, 0.5) is 14.5 Å². The molecule has 1 aromatic carbocycles. The van der Waals surface area contributed by atoms with Crippen LogP contribution in [-0.4, -0.2) is 21.6 Å². The number of amides is 1. The fourth-order valence-corrected chi connectivity index (χ4v) is 5.10. The number of rotatable bonds is 4. The summed E-state index contributed by atoms with van der Waals surface area (Å²) >= 11 is 2.64. The Bertz CT molecular complexity index is 1090. The highest BCUT2D eigenvalue weighted by Crippen LogP contribution is 2.34.